The largest absolute Gasteiger partial charge is 0.391 e. The van der Waals surface area contributed by atoms with E-state index in [0.717, 1.165) is 0 Å². The molecule has 0 amide bonds. The average Bonchev–Trinajstić information content (AvgIpc) is 1.77. The van der Waals surface area contributed by atoms with Crippen molar-refractivity contribution in [3.63, 3.8) is 0 Å². The van der Waals surface area contributed by atoms with Crippen LogP contribution in [0.1, 0.15) is 26.7 Å². The average molecular weight is 220 g/mol. The molecule has 0 aromatic carbocycles. The first-order chi connectivity index (χ1) is 6.20. The van der Waals surface area contributed by atoms with Crippen LogP contribution in [0.3, 0.4) is 0 Å². The van der Waals surface area contributed by atoms with E-state index in [1.807, 2.05) is 0 Å². The van der Waals surface area contributed by atoms with Crippen LogP contribution in [-0.2, 0) is 4.74 Å². The highest BCUT2D eigenvalue weighted by Gasteiger charge is 2.33. The van der Waals surface area contributed by atoms with Gasteiger partial charge in [0.15, 0.2) is 0 Å². The van der Waals surface area contributed by atoms with Crippen molar-refractivity contribution in [2.24, 2.45) is 5.92 Å². The number of hydrogen-bond acceptors (Lipinski definition) is 1. The lowest BCUT2D eigenvalue weighted by molar-refractivity contribution is -0.210. The standard InChI is InChI=1S/C8H13F5O/c1-5(2)3-6(14-7(9)10)4-8(11,12)13/h5-7H,3-4H2,1-2H3. The summed E-state index contributed by atoms with van der Waals surface area (Å²) >= 11 is 0. The van der Waals surface area contributed by atoms with Crippen LogP contribution in [-0.4, -0.2) is 18.9 Å². The second kappa shape index (κ2) is 5.48. The van der Waals surface area contributed by atoms with Gasteiger partial charge >= 0.3 is 12.8 Å². The molecule has 6 heteroatoms. The third-order valence-electron chi connectivity index (χ3n) is 1.49. The number of halogens is 5. The first-order valence-corrected chi connectivity index (χ1v) is 4.21. The zero-order valence-electron chi connectivity index (χ0n) is 7.94. The number of rotatable bonds is 5. The third kappa shape index (κ3) is 8.22. The zero-order valence-corrected chi connectivity index (χ0v) is 7.94. The van der Waals surface area contributed by atoms with Crippen LogP contribution in [0, 0.1) is 5.92 Å². The van der Waals surface area contributed by atoms with E-state index in [-0.39, 0.29) is 12.3 Å². The third-order valence-corrected chi connectivity index (χ3v) is 1.49. The van der Waals surface area contributed by atoms with Gasteiger partial charge in [0.25, 0.3) is 0 Å². The van der Waals surface area contributed by atoms with Gasteiger partial charge in [0.2, 0.25) is 0 Å². The summed E-state index contributed by atoms with van der Waals surface area (Å²) in [4.78, 5) is 0. The summed E-state index contributed by atoms with van der Waals surface area (Å²) in [5.41, 5.74) is 0. The van der Waals surface area contributed by atoms with Gasteiger partial charge in [-0.25, -0.2) is 0 Å². The van der Waals surface area contributed by atoms with Crippen LogP contribution in [0.5, 0.6) is 0 Å². The van der Waals surface area contributed by atoms with Crippen molar-refractivity contribution in [1.29, 1.82) is 0 Å². The van der Waals surface area contributed by atoms with E-state index < -0.39 is 25.3 Å². The molecule has 0 aliphatic carbocycles. The number of hydrogen-bond donors (Lipinski definition) is 0. The van der Waals surface area contributed by atoms with Crippen LogP contribution in [0.15, 0.2) is 0 Å². The Balaban J connectivity index is 4.11. The summed E-state index contributed by atoms with van der Waals surface area (Å²) in [6.07, 6.45) is -7.26. The molecule has 0 aliphatic heterocycles. The van der Waals surface area contributed by atoms with Crippen LogP contribution < -0.4 is 0 Å². The summed E-state index contributed by atoms with van der Waals surface area (Å²) in [7, 11) is 0. The maximum atomic E-state index is 11.9. The van der Waals surface area contributed by atoms with E-state index in [4.69, 9.17) is 0 Å². The molecule has 0 saturated carbocycles. The van der Waals surface area contributed by atoms with Gasteiger partial charge in [-0.1, -0.05) is 13.8 Å². The fourth-order valence-electron chi connectivity index (χ4n) is 1.12. The molecule has 0 fully saturated rings. The second-order valence-electron chi connectivity index (χ2n) is 3.47. The molecule has 0 N–H and O–H groups in total. The van der Waals surface area contributed by atoms with Crippen molar-refractivity contribution in [2.45, 2.75) is 45.6 Å². The van der Waals surface area contributed by atoms with Crippen molar-refractivity contribution >= 4 is 0 Å². The molecule has 0 rings (SSSR count). The first-order valence-electron chi connectivity index (χ1n) is 4.21. The van der Waals surface area contributed by atoms with Gasteiger partial charge < -0.3 is 4.74 Å². The summed E-state index contributed by atoms with van der Waals surface area (Å²) in [5.74, 6) is -0.110. The predicted molar refractivity (Wildman–Crippen MR) is 41.0 cm³/mol. The van der Waals surface area contributed by atoms with Crippen LogP contribution in [0.4, 0.5) is 22.0 Å². The predicted octanol–water partition coefficient (Wildman–Crippen LogP) is 3.59. The van der Waals surface area contributed by atoms with Crippen molar-refractivity contribution in [1.82, 2.24) is 0 Å². The minimum Gasteiger partial charge on any atom is -0.319 e. The van der Waals surface area contributed by atoms with E-state index in [2.05, 4.69) is 4.74 Å². The maximum Gasteiger partial charge on any atom is 0.391 e. The summed E-state index contributed by atoms with van der Waals surface area (Å²) in [6, 6.07) is 0. The zero-order chi connectivity index (χ0) is 11.4. The topological polar surface area (TPSA) is 9.23 Å². The molecule has 0 saturated heterocycles. The fraction of sp³-hybridized carbons (Fsp3) is 1.00. The van der Waals surface area contributed by atoms with Crippen LogP contribution in [0.2, 0.25) is 0 Å². The second-order valence-corrected chi connectivity index (χ2v) is 3.47. The van der Waals surface area contributed by atoms with Crippen LogP contribution in [0.25, 0.3) is 0 Å². The Hall–Kier alpha value is -0.390. The quantitative estimate of drug-likeness (QED) is 0.643. The lowest BCUT2D eigenvalue weighted by atomic mass is 10.0. The smallest absolute Gasteiger partial charge is 0.319 e. The van der Waals surface area contributed by atoms with E-state index in [0.29, 0.717) is 0 Å². The minimum atomic E-state index is -4.46. The SMILES string of the molecule is CC(C)CC(CC(F)(F)F)OC(F)F. The van der Waals surface area contributed by atoms with Gasteiger partial charge in [-0.15, -0.1) is 0 Å². The van der Waals surface area contributed by atoms with E-state index in [1.165, 1.54) is 0 Å². The van der Waals surface area contributed by atoms with Gasteiger partial charge in [-0.2, -0.15) is 22.0 Å². The summed E-state index contributed by atoms with van der Waals surface area (Å²) in [5, 5.41) is 0. The van der Waals surface area contributed by atoms with Gasteiger partial charge in [0.1, 0.15) is 0 Å². The monoisotopic (exact) mass is 220 g/mol. The molecule has 0 aliphatic rings. The first kappa shape index (κ1) is 13.6. The molecule has 1 nitrogen and oxygen atoms in total. The Morgan fingerprint density at radius 3 is 1.93 bits per heavy atom. The molecule has 0 radical (unpaired) electrons. The normalized spacial score (nSPS) is 15.2. The molecule has 0 bridgehead atoms. The van der Waals surface area contributed by atoms with E-state index in [1.54, 1.807) is 13.8 Å². The summed E-state index contributed by atoms with van der Waals surface area (Å²) in [6.45, 7) is 0.150. The number of alkyl halides is 5. The van der Waals surface area contributed by atoms with Gasteiger partial charge in [-0.3, -0.25) is 0 Å². The highest BCUT2D eigenvalue weighted by molar-refractivity contribution is 4.65. The Kier molecular flexibility index (Phi) is 5.33. The fourth-order valence-corrected chi connectivity index (χ4v) is 1.12. The van der Waals surface area contributed by atoms with Gasteiger partial charge in [-0.05, 0) is 12.3 Å². The number of ether oxygens (including phenoxy) is 1. The molecule has 86 valence electrons. The minimum absolute atomic E-state index is 0.0240. The molecule has 0 aromatic rings. The van der Waals surface area contributed by atoms with E-state index >= 15 is 0 Å². The summed E-state index contributed by atoms with van der Waals surface area (Å²) < 4.78 is 63.0. The molecular weight excluding hydrogens is 207 g/mol. The molecule has 0 spiro atoms. The highest BCUT2D eigenvalue weighted by atomic mass is 19.4. The van der Waals surface area contributed by atoms with Crippen molar-refractivity contribution in [2.75, 3.05) is 0 Å². The van der Waals surface area contributed by atoms with Gasteiger partial charge in [0.05, 0.1) is 12.5 Å². The molecule has 0 aromatic heterocycles. The Bertz CT molecular complexity index is 144. The lowest BCUT2D eigenvalue weighted by Gasteiger charge is -2.20. The highest BCUT2D eigenvalue weighted by Crippen LogP contribution is 2.27. The molecule has 14 heavy (non-hydrogen) atoms. The van der Waals surface area contributed by atoms with Crippen molar-refractivity contribution < 1.29 is 26.7 Å². The Morgan fingerprint density at radius 2 is 1.64 bits per heavy atom. The van der Waals surface area contributed by atoms with Crippen LogP contribution >= 0.6 is 0 Å². The Labute approximate surface area is 79.2 Å². The molecular formula is C8H13F5O. The molecule has 1 atom stereocenters. The van der Waals surface area contributed by atoms with Crippen molar-refractivity contribution in [3.05, 3.63) is 0 Å². The molecule has 1 unspecified atom stereocenters. The van der Waals surface area contributed by atoms with Crippen molar-refractivity contribution in [3.8, 4) is 0 Å². The Morgan fingerprint density at radius 1 is 1.14 bits per heavy atom. The van der Waals surface area contributed by atoms with E-state index in [9.17, 15) is 22.0 Å². The van der Waals surface area contributed by atoms with Gasteiger partial charge in [0, 0.05) is 0 Å². The lowest BCUT2D eigenvalue weighted by Crippen LogP contribution is -2.25. The molecule has 0 heterocycles. The maximum absolute atomic E-state index is 11.9.